The summed E-state index contributed by atoms with van der Waals surface area (Å²) in [5.74, 6) is -0.411. The van der Waals surface area contributed by atoms with Gasteiger partial charge in [0.05, 0.1) is 13.5 Å². The molecular weight excluding hydrogens is 312 g/mol. The summed E-state index contributed by atoms with van der Waals surface area (Å²) in [6.07, 6.45) is 2.37. The number of hydrogen-bond donors (Lipinski definition) is 0. The lowest BCUT2D eigenvalue weighted by atomic mass is 10.0. The Balaban J connectivity index is 2.27. The average molecular weight is 328 g/mol. The molecule has 2 heterocycles. The molecule has 1 aromatic rings. The van der Waals surface area contributed by atoms with Gasteiger partial charge in [-0.15, -0.1) is 11.3 Å². The second kappa shape index (κ2) is 6.56. The summed E-state index contributed by atoms with van der Waals surface area (Å²) >= 11 is 0.953. The first-order chi connectivity index (χ1) is 9.98. The zero-order chi connectivity index (χ0) is 15.5. The number of nitrogens with zero attached hydrogens (tertiary/aromatic N) is 2. The van der Waals surface area contributed by atoms with Crippen LogP contribution in [-0.2, 0) is 19.6 Å². The molecule has 1 aliphatic rings. The molecule has 1 saturated heterocycles. The molecule has 0 aliphatic carbocycles. The second-order valence-corrected chi connectivity index (χ2v) is 7.98. The van der Waals surface area contributed by atoms with Crippen molar-refractivity contribution in [3.8, 4) is 6.07 Å². The van der Waals surface area contributed by atoms with Crippen LogP contribution in [0.25, 0.3) is 0 Å². The van der Waals surface area contributed by atoms with Gasteiger partial charge >= 0.3 is 5.97 Å². The van der Waals surface area contributed by atoms with Gasteiger partial charge in [0.25, 0.3) is 10.0 Å². The maximum absolute atomic E-state index is 12.7. The Morgan fingerprint density at radius 2 is 2.29 bits per heavy atom. The lowest BCUT2D eigenvalue weighted by Crippen LogP contribution is -2.44. The van der Waals surface area contributed by atoms with E-state index in [-0.39, 0.29) is 16.7 Å². The molecule has 114 valence electrons. The van der Waals surface area contributed by atoms with Crippen LogP contribution in [0.2, 0.25) is 0 Å². The summed E-state index contributed by atoms with van der Waals surface area (Å²) in [7, 11) is -2.37. The van der Waals surface area contributed by atoms with Crippen molar-refractivity contribution in [2.24, 2.45) is 0 Å². The average Bonchev–Trinajstić information content (AvgIpc) is 2.97. The SMILES string of the molecule is COC(=O)CC1CCCCN1S(=O)(=O)c1ccc(C#N)s1. The summed E-state index contributed by atoms with van der Waals surface area (Å²) < 4.78 is 31.5. The number of sulfonamides is 1. The van der Waals surface area contributed by atoms with E-state index in [0.717, 1.165) is 24.2 Å². The fourth-order valence-corrected chi connectivity index (χ4v) is 5.33. The van der Waals surface area contributed by atoms with E-state index in [4.69, 9.17) is 5.26 Å². The molecule has 0 bridgehead atoms. The van der Waals surface area contributed by atoms with Gasteiger partial charge in [-0.2, -0.15) is 9.57 Å². The topological polar surface area (TPSA) is 87.5 Å². The van der Waals surface area contributed by atoms with E-state index in [1.54, 1.807) is 0 Å². The Kier molecular flexibility index (Phi) is 4.98. The third kappa shape index (κ3) is 3.43. The van der Waals surface area contributed by atoms with Crippen molar-refractivity contribution in [2.75, 3.05) is 13.7 Å². The van der Waals surface area contributed by atoms with Crippen LogP contribution in [0.5, 0.6) is 0 Å². The van der Waals surface area contributed by atoms with Crippen LogP contribution in [0.4, 0.5) is 0 Å². The number of carbonyl (C=O) groups excluding carboxylic acids is 1. The van der Waals surface area contributed by atoms with E-state index in [1.165, 1.54) is 23.5 Å². The fourth-order valence-electron chi connectivity index (χ4n) is 2.40. The number of esters is 1. The lowest BCUT2D eigenvalue weighted by Gasteiger charge is -2.33. The van der Waals surface area contributed by atoms with Crippen molar-refractivity contribution < 1.29 is 17.9 Å². The predicted molar refractivity (Wildman–Crippen MR) is 77.2 cm³/mol. The van der Waals surface area contributed by atoms with Crippen LogP contribution >= 0.6 is 11.3 Å². The molecule has 0 saturated carbocycles. The maximum atomic E-state index is 12.7. The zero-order valence-corrected chi connectivity index (χ0v) is 13.2. The smallest absolute Gasteiger partial charge is 0.307 e. The Morgan fingerprint density at radius 1 is 1.52 bits per heavy atom. The molecule has 1 aliphatic heterocycles. The standard InChI is InChI=1S/C13H16N2O4S2/c1-19-12(16)8-10-4-2-3-7-15(10)21(17,18)13-6-5-11(9-14)20-13/h5-6,10H,2-4,7-8H2,1H3. The molecule has 6 nitrogen and oxygen atoms in total. The van der Waals surface area contributed by atoms with Crippen LogP contribution in [0, 0.1) is 11.3 Å². The minimum atomic E-state index is -3.66. The third-order valence-electron chi connectivity index (χ3n) is 3.46. The van der Waals surface area contributed by atoms with Crippen LogP contribution in [0.1, 0.15) is 30.6 Å². The first-order valence-corrected chi connectivity index (χ1v) is 8.83. The highest BCUT2D eigenvalue weighted by Crippen LogP contribution is 2.30. The maximum Gasteiger partial charge on any atom is 0.307 e. The number of methoxy groups -OCH3 is 1. The number of hydrogen-bond acceptors (Lipinski definition) is 6. The van der Waals surface area contributed by atoms with E-state index in [0.29, 0.717) is 17.8 Å². The van der Waals surface area contributed by atoms with Gasteiger partial charge < -0.3 is 4.74 Å². The number of nitriles is 1. The van der Waals surface area contributed by atoms with Gasteiger partial charge in [0.15, 0.2) is 0 Å². The van der Waals surface area contributed by atoms with Crippen molar-refractivity contribution in [1.82, 2.24) is 4.31 Å². The molecule has 1 unspecified atom stereocenters. The number of thiophene rings is 1. The number of carbonyl (C=O) groups is 1. The summed E-state index contributed by atoms with van der Waals surface area (Å²) in [4.78, 5) is 11.8. The van der Waals surface area contributed by atoms with E-state index in [1.807, 2.05) is 6.07 Å². The van der Waals surface area contributed by atoms with Gasteiger partial charge in [0.2, 0.25) is 0 Å². The summed E-state index contributed by atoms with van der Waals surface area (Å²) in [6, 6.07) is 4.51. The lowest BCUT2D eigenvalue weighted by molar-refractivity contribution is -0.141. The van der Waals surface area contributed by atoms with Crippen molar-refractivity contribution in [3.05, 3.63) is 17.0 Å². The minimum Gasteiger partial charge on any atom is -0.469 e. The quantitative estimate of drug-likeness (QED) is 0.785. The Bertz CT molecular complexity index is 660. The molecule has 0 aromatic carbocycles. The molecule has 0 N–H and O–H groups in total. The van der Waals surface area contributed by atoms with Crippen LogP contribution in [0.3, 0.4) is 0 Å². The molecule has 0 radical (unpaired) electrons. The molecule has 1 atom stereocenters. The number of rotatable bonds is 4. The van der Waals surface area contributed by atoms with Gasteiger partial charge in [-0.1, -0.05) is 6.42 Å². The molecule has 0 spiro atoms. The van der Waals surface area contributed by atoms with Crippen molar-refractivity contribution in [3.63, 3.8) is 0 Å². The molecule has 2 rings (SSSR count). The van der Waals surface area contributed by atoms with Gasteiger partial charge in [-0.05, 0) is 25.0 Å². The molecule has 8 heteroatoms. The summed E-state index contributed by atoms with van der Waals surface area (Å²) in [6.45, 7) is 0.393. The minimum absolute atomic E-state index is 0.0617. The second-order valence-electron chi connectivity index (χ2n) is 4.78. The Morgan fingerprint density at radius 3 is 2.90 bits per heavy atom. The molecule has 0 amide bonds. The largest absolute Gasteiger partial charge is 0.469 e. The predicted octanol–water partition coefficient (Wildman–Crippen LogP) is 1.73. The van der Waals surface area contributed by atoms with Crippen LogP contribution < -0.4 is 0 Å². The molecular formula is C13H16N2O4S2. The van der Waals surface area contributed by atoms with Gasteiger partial charge in [-0.25, -0.2) is 8.42 Å². The van der Waals surface area contributed by atoms with E-state index in [2.05, 4.69) is 4.74 Å². The molecule has 1 fully saturated rings. The van der Waals surface area contributed by atoms with Crippen molar-refractivity contribution >= 4 is 27.3 Å². The van der Waals surface area contributed by atoms with Crippen molar-refractivity contribution in [1.29, 1.82) is 5.26 Å². The normalized spacial score (nSPS) is 19.9. The molecule has 1 aromatic heterocycles. The van der Waals surface area contributed by atoms with E-state index >= 15 is 0 Å². The van der Waals surface area contributed by atoms with Crippen molar-refractivity contribution in [2.45, 2.75) is 35.9 Å². The van der Waals surface area contributed by atoms with E-state index in [9.17, 15) is 13.2 Å². The fraction of sp³-hybridized carbons (Fsp3) is 0.538. The first kappa shape index (κ1) is 15.9. The highest BCUT2D eigenvalue weighted by atomic mass is 32.2. The zero-order valence-electron chi connectivity index (χ0n) is 11.6. The Labute approximate surface area is 128 Å². The van der Waals surface area contributed by atoms with Crippen LogP contribution in [0.15, 0.2) is 16.3 Å². The molecule has 21 heavy (non-hydrogen) atoms. The number of piperidine rings is 1. The van der Waals surface area contributed by atoms with Gasteiger partial charge in [0.1, 0.15) is 15.2 Å². The monoisotopic (exact) mass is 328 g/mol. The highest BCUT2D eigenvalue weighted by Gasteiger charge is 2.35. The van der Waals surface area contributed by atoms with Crippen LogP contribution in [-0.4, -0.2) is 38.4 Å². The summed E-state index contributed by atoms with van der Waals surface area (Å²) in [5.41, 5.74) is 0. The summed E-state index contributed by atoms with van der Waals surface area (Å²) in [5, 5.41) is 8.82. The van der Waals surface area contributed by atoms with Gasteiger partial charge in [-0.3, -0.25) is 4.79 Å². The number of ether oxygens (including phenoxy) is 1. The first-order valence-electron chi connectivity index (χ1n) is 6.57. The van der Waals surface area contributed by atoms with Gasteiger partial charge in [0, 0.05) is 12.6 Å². The third-order valence-corrected chi connectivity index (χ3v) is 6.87. The highest BCUT2D eigenvalue weighted by molar-refractivity contribution is 7.91. The van der Waals surface area contributed by atoms with E-state index < -0.39 is 16.0 Å². The Hall–Kier alpha value is -1.43.